The summed E-state index contributed by atoms with van der Waals surface area (Å²) < 4.78 is 0. The SMILES string of the molecule is CNCC1C(=O)N(C2CCCCC2)CCC(C)N1C. The number of nitrogens with zero attached hydrogens (tertiary/aromatic N) is 2. The van der Waals surface area contributed by atoms with Crippen LogP contribution < -0.4 is 5.32 Å². The summed E-state index contributed by atoms with van der Waals surface area (Å²) in [6.45, 7) is 3.93. The molecule has 0 radical (unpaired) electrons. The summed E-state index contributed by atoms with van der Waals surface area (Å²) in [4.78, 5) is 17.3. The van der Waals surface area contributed by atoms with E-state index in [4.69, 9.17) is 0 Å². The summed E-state index contributed by atoms with van der Waals surface area (Å²) in [5, 5.41) is 3.18. The third-order valence-electron chi connectivity index (χ3n) is 4.96. The molecule has 1 aliphatic heterocycles. The van der Waals surface area contributed by atoms with Crippen molar-refractivity contribution in [3.63, 3.8) is 0 Å². The molecule has 110 valence electrons. The van der Waals surface area contributed by atoms with E-state index >= 15 is 0 Å². The third kappa shape index (κ3) is 3.29. The first-order valence-electron chi connectivity index (χ1n) is 7.82. The van der Waals surface area contributed by atoms with Crippen LogP contribution in [0.3, 0.4) is 0 Å². The lowest BCUT2D eigenvalue weighted by atomic mass is 9.93. The number of nitrogens with one attached hydrogen (secondary N) is 1. The number of hydrogen-bond acceptors (Lipinski definition) is 3. The zero-order valence-corrected chi connectivity index (χ0v) is 12.7. The van der Waals surface area contributed by atoms with E-state index in [-0.39, 0.29) is 6.04 Å². The van der Waals surface area contributed by atoms with Crippen molar-refractivity contribution in [3.05, 3.63) is 0 Å². The van der Waals surface area contributed by atoms with Gasteiger partial charge in [-0.15, -0.1) is 0 Å². The second-order valence-electron chi connectivity index (χ2n) is 6.20. The standard InChI is InChI=1S/C15H29N3O/c1-12-9-10-18(13-7-5-4-6-8-13)15(19)14(11-16-2)17(12)3/h12-14,16H,4-11H2,1-3H3. The van der Waals surface area contributed by atoms with Gasteiger partial charge < -0.3 is 10.2 Å². The lowest BCUT2D eigenvalue weighted by Crippen LogP contribution is -2.53. The second kappa shape index (κ2) is 6.71. The van der Waals surface area contributed by atoms with Crippen molar-refractivity contribution in [2.24, 2.45) is 0 Å². The van der Waals surface area contributed by atoms with Crippen LogP contribution in [0.25, 0.3) is 0 Å². The van der Waals surface area contributed by atoms with Crippen molar-refractivity contribution in [1.82, 2.24) is 15.1 Å². The zero-order chi connectivity index (χ0) is 13.8. The molecule has 2 atom stereocenters. The largest absolute Gasteiger partial charge is 0.338 e. The molecule has 1 saturated carbocycles. The Morgan fingerprint density at radius 2 is 1.89 bits per heavy atom. The Morgan fingerprint density at radius 1 is 1.21 bits per heavy atom. The Bertz CT molecular complexity index is 302. The molecule has 1 saturated heterocycles. The topological polar surface area (TPSA) is 35.6 Å². The molecule has 0 aromatic heterocycles. The van der Waals surface area contributed by atoms with E-state index in [9.17, 15) is 4.79 Å². The number of amides is 1. The highest BCUT2D eigenvalue weighted by Crippen LogP contribution is 2.26. The van der Waals surface area contributed by atoms with Gasteiger partial charge in [-0.2, -0.15) is 0 Å². The molecule has 2 unspecified atom stereocenters. The average molecular weight is 267 g/mol. The Labute approximate surface area is 117 Å². The van der Waals surface area contributed by atoms with Gasteiger partial charge in [0.1, 0.15) is 6.04 Å². The van der Waals surface area contributed by atoms with Crippen molar-refractivity contribution in [3.8, 4) is 0 Å². The van der Waals surface area contributed by atoms with Crippen molar-refractivity contribution in [1.29, 1.82) is 0 Å². The van der Waals surface area contributed by atoms with Crippen molar-refractivity contribution in [2.75, 3.05) is 27.2 Å². The normalized spacial score (nSPS) is 31.5. The highest BCUT2D eigenvalue weighted by Gasteiger charge is 2.36. The molecule has 1 N–H and O–H groups in total. The van der Waals surface area contributed by atoms with E-state index in [0.717, 1.165) is 19.5 Å². The van der Waals surface area contributed by atoms with Gasteiger partial charge in [0.15, 0.2) is 0 Å². The van der Waals surface area contributed by atoms with E-state index in [1.54, 1.807) is 0 Å². The quantitative estimate of drug-likeness (QED) is 0.841. The van der Waals surface area contributed by atoms with Gasteiger partial charge >= 0.3 is 0 Å². The Hall–Kier alpha value is -0.610. The lowest BCUT2D eigenvalue weighted by Gasteiger charge is -2.36. The second-order valence-corrected chi connectivity index (χ2v) is 6.20. The van der Waals surface area contributed by atoms with Crippen LogP contribution in [-0.4, -0.2) is 61.0 Å². The van der Waals surface area contributed by atoms with Gasteiger partial charge in [-0.25, -0.2) is 0 Å². The van der Waals surface area contributed by atoms with Crippen LogP contribution in [0.15, 0.2) is 0 Å². The molecule has 1 heterocycles. The van der Waals surface area contributed by atoms with Gasteiger partial charge in [-0.3, -0.25) is 9.69 Å². The molecule has 2 rings (SSSR count). The Kier molecular flexibility index (Phi) is 5.22. The summed E-state index contributed by atoms with van der Waals surface area (Å²) >= 11 is 0. The molecule has 19 heavy (non-hydrogen) atoms. The molecule has 2 fully saturated rings. The van der Waals surface area contributed by atoms with Crippen LogP contribution in [0.2, 0.25) is 0 Å². The highest BCUT2D eigenvalue weighted by molar-refractivity contribution is 5.82. The first kappa shape index (κ1) is 14.8. The smallest absolute Gasteiger partial charge is 0.241 e. The summed E-state index contributed by atoms with van der Waals surface area (Å²) in [5.41, 5.74) is 0. The van der Waals surface area contributed by atoms with Gasteiger partial charge in [-0.05, 0) is 40.3 Å². The molecule has 1 amide bonds. The molecule has 0 bridgehead atoms. The highest BCUT2D eigenvalue weighted by atomic mass is 16.2. The minimum Gasteiger partial charge on any atom is -0.338 e. The van der Waals surface area contributed by atoms with E-state index in [2.05, 4.69) is 29.1 Å². The van der Waals surface area contributed by atoms with Crippen LogP contribution >= 0.6 is 0 Å². The molecule has 0 aromatic carbocycles. The molecule has 4 heteroatoms. The molecular formula is C15H29N3O. The first-order chi connectivity index (χ1) is 9.15. The van der Waals surface area contributed by atoms with Crippen molar-refractivity contribution < 1.29 is 4.79 Å². The molecule has 0 aromatic rings. The summed E-state index contributed by atoms with van der Waals surface area (Å²) in [5.74, 6) is 0.341. The summed E-state index contributed by atoms with van der Waals surface area (Å²) in [6.07, 6.45) is 7.42. The summed E-state index contributed by atoms with van der Waals surface area (Å²) in [6, 6.07) is 0.986. The fourth-order valence-corrected chi connectivity index (χ4v) is 3.49. The fraction of sp³-hybridized carbons (Fsp3) is 0.933. The number of hydrogen-bond donors (Lipinski definition) is 1. The maximum atomic E-state index is 12.8. The van der Waals surface area contributed by atoms with Gasteiger partial charge in [0.25, 0.3) is 0 Å². The molecule has 1 aliphatic carbocycles. The maximum Gasteiger partial charge on any atom is 0.241 e. The Balaban J connectivity index is 2.12. The number of carbonyl (C=O) groups excluding carboxylic acids is 1. The van der Waals surface area contributed by atoms with Gasteiger partial charge in [0, 0.05) is 25.2 Å². The van der Waals surface area contributed by atoms with E-state index < -0.39 is 0 Å². The fourth-order valence-electron chi connectivity index (χ4n) is 3.49. The lowest BCUT2D eigenvalue weighted by molar-refractivity contribution is -0.138. The molecular weight excluding hydrogens is 238 g/mol. The van der Waals surface area contributed by atoms with Crippen molar-refractivity contribution >= 4 is 5.91 Å². The van der Waals surface area contributed by atoms with Crippen LogP contribution in [0.5, 0.6) is 0 Å². The molecule has 0 spiro atoms. The average Bonchev–Trinajstić information content (AvgIpc) is 2.53. The van der Waals surface area contributed by atoms with E-state index in [1.807, 2.05) is 7.05 Å². The maximum absolute atomic E-state index is 12.8. The van der Waals surface area contributed by atoms with Gasteiger partial charge in [0.2, 0.25) is 5.91 Å². The number of rotatable bonds is 3. The monoisotopic (exact) mass is 267 g/mol. The predicted octanol–water partition coefficient (Wildman–Crippen LogP) is 1.46. The number of likely N-dealkylation sites (N-methyl/N-ethyl adjacent to an activating group) is 2. The van der Waals surface area contributed by atoms with E-state index in [0.29, 0.717) is 18.0 Å². The molecule has 2 aliphatic rings. The summed E-state index contributed by atoms with van der Waals surface area (Å²) in [7, 11) is 4.02. The number of carbonyl (C=O) groups is 1. The van der Waals surface area contributed by atoms with E-state index in [1.165, 1.54) is 32.1 Å². The predicted molar refractivity (Wildman–Crippen MR) is 78.1 cm³/mol. The Morgan fingerprint density at radius 3 is 2.53 bits per heavy atom. The van der Waals surface area contributed by atoms with Crippen LogP contribution in [0, 0.1) is 0 Å². The van der Waals surface area contributed by atoms with Crippen LogP contribution in [0.4, 0.5) is 0 Å². The van der Waals surface area contributed by atoms with Gasteiger partial charge in [0.05, 0.1) is 0 Å². The zero-order valence-electron chi connectivity index (χ0n) is 12.7. The third-order valence-corrected chi connectivity index (χ3v) is 4.96. The first-order valence-corrected chi connectivity index (χ1v) is 7.82. The minimum absolute atomic E-state index is 0.00410. The van der Waals surface area contributed by atoms with Crippen molar-refractivity contribution in [2.45, 2.75) is 63.6 Å². The van der Waals surface area contributed by atoms with Crippen LogP contribution in [-0.2, 0) is 4.79 Å². The minimum atomic E-state index is 0.00410. The molecule has 4 nitrogen and oxygen atoms in total. The van der Waals surface area contributed by atoms with Gasteiger partial charge in [-0.1, -0.05) is 19.3 Å². The van der Waals surface area contributed by atoms with Crippen LogP contribution in [0.1, 0.15) is 45.4 Å².